The van der Waals surface area contributed by atoms with Crippen LogP contribution in [0.4, 0.5) is 4.39 Å². The zero-order valence-electron chi connectivity index (χ0n) is 6.71. The van der Waals surface area contributed by atoms with Crippen LogP contribution in [0, 0.1) is 5.82 Å². The van der Waals surface area contributed by atoms with Crippen molar-refractivity contribution < 1.29 is 14.3 Å². The van der Waals surface area contributed by atoms with E-state index in [4.69, 9.17) is 16.7 Å². The minimum Gasteiger partial charge on any atom is -0.478 e. The van der Waals surface area contributed by atoms with Crippen LogP contribution in [0.5, 0.6) is 0 Å². The van der Waals surface area contributed by atoms with E-state index in [1.807, 2.05) is 0 Å². The first-order valence-electron chi connectivity index (χ1n) is 3.66. The van der Waals surface area contributed by atoms with Gasteiger partial charge in [-0.25, -0.2) is 9.18 Å². The second-order valence-electron chi connectivity index (χ2n) is 2.69. The third kappa shape index (κ3) is 1.22. The van der Waals surface area contributed by atoms with E-state index < -0.39 is 11.8 Å². The number of nitrogens with zero attached hydrogens (tertiary/aromatic N) is 1. The van der Waals surface area contributed by atoms with E-state index in [9.17, 15) is 9.18 Å². The van der Waals surface area contributed by atoms with Gasteiger partial charge in [0.1, 0.15) is 11.0 Å². The Morgan fingerprint density at radius 1 is 1.57 bits per heavy atom. The number of fused-ring (bicyclic) bond motifs is 1. The second-order valence-corrected chi connectivity index (χ2v) is 3.07. The minimum absolute atomic E-state index is 0.0948. The number of carboxylic acids is 1. The molecule has 14 heavy (non-hydrogen) atoms. The summed E-state index contributed by atoms with van der Waals surface area (Å²) in [5.41, 5.74) is 0.00569. The van der Waals surface area contributed by atoms with Crippen LogP contribution in [0.15, 0.2) is 12.1 Å². The Bertz CT molecular complexity index is 523. The number of rotatable bonds is 1. The van der Waals surface area contributed by atoms with Crippen molar-refractivity contribution in [3.05, 3.63) is 28.7 Å². The third-order valence-electron chi connectivity index (χ3n) is 1.81. The lowest BCUT2D eigenvalue weighted by atomic mass is 10.1. The summed E-state index contributed by atoms with van der Waals surface area (Å²) < 4.78 is 12.9. The third-order valence-corrected chi connectivity index (χ3v) is 2.08. The van der Waals surface area contributed by atoms with Crippen molar-refractivity contribution in [1.29, 1.82) is 0 Å². The summed E-state index contributed by atoms with van der Waals surface area (Å²) >= 11 is 5.67. The normalized spacial score (nSPS) is 10.7. The van der Waals surface area contributed by atoms with Gasteiger partial charge in [0.25, 0.3) is 0 Å². The number of aromatic nitrogens is 2. The molecule has 2 aromatic rings. The molecular weight excluding hydrogens is 211 g/mol. The van der Waals surface area contributed by atoms with Crippen molar-refractivity contribution in [2.24, 2.45) is 0 Å². The van der Waals surface area contributed by atoms with Crippen LogP contribution in [0.1, 0.15) is 10.4 Å². The predicted molar refractivity (Wildman–Crippen MR) is 48.0 cm³/mol. The Hall–Kier alpha value is -1.62. The molecular formula is C8H4ClFN2O2. The van der Waals surface area contributed by atoms with E-state index in [-0.39, 0.29) is 21.6 Å². The molecule has 0 saturated heterocycles. The first kappa shape index (κ1) is 8.96. The number of carboxylic acid groups (broad SMARTS) is 1. The van der Waals surface area contributed by atoms with Gasteiger partial charge in [0.15, 0.2) is 0 Å². The summed E-state index contributed by atoms with van der Waals surface area (Å²) in [6, 6.07) is 2.02. The van der Waals surface area contributed by atoms with E-state index in [1.54, 1.807) is 0 Å². The summed E-state index contributed by atoms with van der Waals surface area (Å²) in [6.07, 6.45) is 0. The van der Waals surface area contributed by atoms with Crippen LogP contribution in [0.2, 0.25) is 5.15 Å². The van der Waals surface area contributed by atoms with Crippen LogP contribution in [-0.2, 0) is 0 Å². The quantitative estimate of drug-likeness (QED) is 0.764. The van der Waals surface area contributed by atoms with Crippen molar-refractivity contribution in [1.82, 2.24) is 10.2 Å². The highest BCUT2D eigenvalue weighted by Crippen LogP contribution is 2.25. The second kappa shape index (κ2) is 2.95. The molecule has 0 aliphatic rings. The van der Waals surface area contributed by atoms with Gasteiger partial charge in [-0.2, -0.15) is 5.10 Å². The average molecular weight is 215 g/mol. The first-order chi connectivity index (χ1) is 6.59. The maximum Gasteiger partial charge on any atom is 0.336 e. The van der Waals surface area contributed by atoms with Crippen molar-refractivity contribution in [2.45, 2.75) is 0 Å². The highest BCUT2D eigenvalue weighted by atomic mass is 35.5. The fourth-order valence-electron chi connectivity index (χ4n) is 1.25. The molecule has 4 nitrogen and oxygen atoms in total. The minimum atomic E-state index is -1.24. The van der Waals surface area contributed by atoms with Gasteiger partial charge in [-0.3, -0.25) is 5.10 Å². The molecule has 0 amide bonds. The number of benzene rings is 1. The van der Waals surface area contributed by atoms with Gasteiger partial charge >= 0.3 is 5.97 Å². The highest BCUT2D eigenvalue weighted by Gasteiger charge is 2.15. The highest BCUT2D eigenvalue weighted by molar-refractivity contribution is 6.35. The number of aromatic amines is 1. The molecule has 1 heterocycles. The summed E-state index contributed by atoms with van der Waals surface area (Å²) in [7, 11) is 0. The van der Waals surface area contributed by atoms with Crippen LogP contribution < -0.4 is 0 Å². The number of hydrogen-bond acceptors (Lipinski definition) is 2. The molecule has 0 saturated carbocycles. The molecule has 2 rings (SSSR count). The average Bonchev–Trinajstić information content (AvgIpc) is 2.46. The summed E-state index contributed by atoms with van der Waals surface area (Å²) in [6.45, 7) is 0. The van der Waals surface area contributed by atoms with Crippen molar-refractivity contribution in [3.8, 4) is 0 Å². The van der Waals surface area contributed by atoms with Gasteiger partial charge in [0, 0.05) is 6.07 Å². The van der Waals surface area contributed by atoms with Crippen LogP contribution in [0.3, 0.4) is 0 Å². The smallest absolute Gasteiger partial charge is 0.336 e. The number of H-pyrrole nitrogens is 1. The molecule has 0 fully saturated rings. The topological polar surface area (TPSA) is 66.0 Å². The van der Waals surface area contributed by atoms with Crippen LogP contribution in [-0.4, -0.2) is 21.3 Å². The maximum absolute atomic E-state index is 12.9. The first-order valence-corrected chi connectivity index (χ1v) is 4.04. The van der Waals surface area contributed by atoms with Crippen molar-refractivity contribution in [2.75, 3.05) is 0 Å². The molecule has 0 spiro atoms. The van der Waals surface area contributed by atoms with Crippen molar-refractivity contribution >= 4 is 28.5 Å². The Morgan fingerprint density at radius 3 is 2.93 bits per heavy atom. The maximum atomic E-state index is 12.9. The molecule has 2 N–H and O–H groups in total. The monoisotopic (exact) mass is 214 g/mol. The lowest BCUT2D eigenvalue weighted by Gasteiger charge is -1.97. The summed E-state index contributed by atoms with van der Waals surface area (Å²) in [5.74, 6) is -1.89. The summed E-state index contributed by atoms with van der Waals surface area (Å²) in [4.78, 5) is 10.8. The van der Waals surface area contributed by atoms with Gasteiger partial charge < -0.3 is 5.11 Å². The lowest BCUT2D eigenvalue weighted by molar-refractivity contribution is 0.0698. The van der Waals surface area contributed by atoms with Gasteiger partial charge in [-0.05, 0) is 6.07 Å². The molecule has 0 unspecified atom stereocenters. The SMILES string of the molecule is O=C(O)c1cc(F)cc2n[nH]c(Cl)c12. The zero-order valence-corrected chi connectivity index (χ0v) is 7.47. The molecule has 0 bridgehead atoms. The standard InChI is InChI=1S/C8H4ClFN2O2/c9-7-6-4(8(13)14)1-3(10)2-5(6)11-12-7/h1-2H,(H,11,12)(H,13,14). The van der Waals surface area contributed by atoms with E-state index in [0.717, 1.165) is 12.1 Å². The number of hydrogen-bond donors (Lipinski definition) is 2. The Morgan fingerprint density at radius 2 is 2.29 bits per heavy atom. The fraction of sp³-hybridized carbons (Fsp3) is 0. The Balaban J connectivity index is 2.90. The molecule has 1 aromatic heterocycles. The fourth-order valence-corrected chi connectivity index (χ4v) is 1.49. The molecule has 0 aliphatic heterocycles. The predicted octanol–water partition coefficient (Wildman–Crippen LogP) is 2.05. The molecule has 0 radical (unpaired) electrons. The van der Waals surface area contributed by atoms with Gasteiger partial charge in [0.05, 0.1) is 16.5 Å². The number of nitrogens with one attached hydrogen (secondary N) is 1. The zero-order chi connectivity index (χ0) is 10.3. The van der Waals surface area contributed by atoms with E-state index in [0.29, 0.717) is 0 Å². The molecule has 0 atom stereocenters. The Labute approximate surface area is 82.3 Å². The largest absolute Gasteiger partial charge is 0.478 e. The number of carbonyl (C=O) groups is 1. The Kier molecular flexibility index (Phi) is 1.89. The van der Waals surface area contributed by atoms with Gasteiger partial charge in [0.2, 0.25) is 0 Å². The molecule has 72 valence electrons. The number of aromatic carboxylic acids is 1. The lowest BCUT2D eigenvalue weighted by Crippen LogP contribution is -1.97. The summed E-state index contributed by atoms with van der Waals surface area (Å²) in [5, 5.41) is 15.1. The number of halogens is 2. The van der Waals surface area contributed by atoms with E-state index >= 15 is 0 Å². The molecule has 0 aliphatic carbocycles. The van der Waals surface area contributed by atoms with Gasteiger partial charge in [-0.15, -0.1) is 0 Å². The van der Waals surface area contributed by atoms with E-state index in [1.165, 1.54) is 0 Å². The molecule has 6 heteroatoms. The van der Waals surface area contributed by atoms with Crippen LogP contribution in [0.25, 0.3) is 10.9 Å². The van der Waals surface area contributed by atoms with Crippen molar-refractivity contribution in [3.63, 3.8) is 0 Å². The van der Waals surface area contributed by atoms with E-state index in [2.05, 4.69) is 10.2 Å². The van der Waals surface area contributed by atoms with Gasteiger partial charge in [-0.1, -0.05) is 11.6 Å². The molecule has 1 aromatic carbocycles. The van der Waals surface area contributed by atoms with Crippen LogP contribution >= 0.6 is 11.6 Å².